The number of hydrogen-bond acceptors (Lipinski definition) is 1. The van der Waals surface area contributed by atoms with Gasteiger partial charge in [-0.15, -0.1) is 0 Å². The number of azide groups is 1. The molecule has 0 radical (unpaired) electrons. The zero-order valence-electron chi connectivity index (χ0n) is 7.94. The Kier molecular flexibility index (Phi) is 2.93. The number of benzene rings is 1. The van der Waals surface area contributed by atoms with E-state index >= 15 is 0 Å². The van der Waals surface area contributed by atoms with Crippen molar-refractivity contribution in [2.24, 2.45) is 5.11 Å². The second-order valence-corrected chi connectivity index (χ2v) is 3.18. The fourth-order valence-electron chi connectivity index (χ4n) is 1.23. The molecule has 0 aliphatic rings. The van der Waals surface area contributed by atoms with Gasteiger partial charge in [-0.05, 0) is 24.4 Å². The van der Waals surface area contributed by atoms with Crippen LogP contribution in [0.5, 0.6) is 0 Å². The monoisotopic (exact) mass is 175 g/mol. The van der Waals surface area contributed by atoms with Gasteiger partial charge in [0.05, 0.1) is 5.54 Å². The highest BCUT2D eigenvalue weighted by Gasteiger charge is 2.21. The molecule has 1 atom stereocenters. The van der Waals surface area contributed by atoms with Crippen LogP contribution in [0, 0.1) is 0 Å². The van der Waals surface area contributed by atoms with E-state index in [1.165, 1.54) is 0 Å². The lowest BCUT2D eigenvalue weighted by molar-refractivity contribution is 0.474. The largest absolute Gasteiger partial charge is 0.0829 e. The van der Waals surface area contributed by atoms with Crippen molar-refractivity contribution in [3.8, 4) is 0 Å². The molecule has 13 heavy (non-hydrogen) atoms. The average molecular weight is 175 g/mol. The Balaban J connectivity index is 3.10. The standard InChI is InChI=1S/C10H13N3/c1-3-10(2,12-13-11)9-7-5-4-6-8-9/h4-8H,3H2,1-2H3/t10-/m1/s1. The normalized spacial score (nSPS) is 14.3. The maximum Gasteiger partial charge on any atom is 0.0707 e. The summed E-state index contributed by atoms with van der Waals surface area (Å²) in [5.74, 6) is 0. The number of nitrogens with zero attached hydrogens (tertiary/aromatic N) is 3. The van der Waals surface area contributed by atoms with E-state index in [1.54, 1.807) is 0 Å². The van der Waals surface area contributed by atoms with E-state index in [9.17, 15) is 0 Å². The van der Waals surface area contributed by atoms with E-state index < -0.39 is 5.54 Å². The van der Waals surface area contributed by atoms with Crippen molar-refractivity contribution in [3.63, 3.8) is 0 Å². The van der Waals surface area contributed by atoms with Crippen LogP contribution in [0.15, 0.2) is 35.4 Å². The van der Waals surface area contributed by atoms with Crippen LogP contribution in [-0.2, 0) is 5.54 Å². The molecule has 1 rings (SSSR count). The van der Waals surface area contributed by atoms with Crippen LogP contribution >= 0.6 is 0 Å². The zero-order valence-corrected chi connectivity index (χ0v) is 7.94. The van der Waals surface area contributed by atoms with E-state index in [4.69, 9.17) is 5.53 Å². The minimum Gasteiger partial charge on any atom is -0.0829 e. The first-order chi connectivity index (χ1) is 6.23. The fraction of sp³-hybridized carbons (Fsp3) is 0.400. The lowest BCUT2D eigenvalue weighted by Crippen LogP contribution is -2.16. The third-order valence-electron chi connectivity index (χ3n) is 2.35. The smallest absolute Gasteiger partial charge is 0.0707 e. The Hall–Kier alpha value is -1.47. The number of hydrogen-bond donors (Lipinski definition) is 0. The molecule has 68 valence electrons. The third-order valence-corrected chi connectivity index (χ3v) is 2.35. The summed E-state index contributed by atoms with van der Waals surface area (Å²) < 4.78 is 0. The molecular weight excluding hydrogens is 162 g/mol. The topological polar surface area (TPSA) is 48.8 Å². The first kappa shape index (κ1) is 9.62. The van der Waals surface area contributed by atoms with Crippen molar-refractivity contribution in [3.05, 3.63) is 46.3 Å². The molecule has 0 heterocycles. The summed E-state index contributed by atoms with van der Waals surface area (Å²) in [5.41, 5.74) is 9.11. The van der Waals surface area contributed by atoms with Crippen molar-refractivity contribution < 1.29 is 0 Å². The average Bonchev–Trinajstić information content (AvgIpc) is 2.19. The molecule has 3 nitrogen and oxygen atoms in total. The van der Waals surface area contributed by atoms with Crippen LogP contribution in [0.3, 0.4) is 0 Å². The van der Waals surface area contributed by atoms with Gasteiger partial charge in [-0.1, -0.05) is 42.4 Å². The summed E-state index contributed by atoms with van der Waals surface area (Å²) >= 11 is 0. The van der Waals surface area contributed by atoms with E-state index in [0.717, 1.165) is 12.0 Å². The molecule has 0 spiro atoms. The molecule has 0 aliphatic carbocycles. The molecule has 3 heteroatoms. The molecular formula is C10H13N3. The van der Waals surface area contributed by atoms with Crippen LogP contribution in [-0.4, -0.2) is 0 Å². The first-order valence-corrected chi connectivity index (χ1v) is 4.34. The van der Waals surface area contributed by atoms with Gasteiger partial charge in [0.25, 0.3) is 0 Å². The predicted molar refractivity (Wildman–Crippen MR) is 53.2 cm³/mol. The van der Waals surface area contributed by atoms with E-state index in [-0.39, 0.29) is 0 Å². The van der Waals surface area contributed by atoms with Gasteiger partial charge in [-0.25, -0.2) is 0 Å². The maximum absolute atomic E-state index is 8.45. The fourth-order valence-corrected chi connectivity index (χ4v) is 1.23. The van der Waals surface area contributed by atoms with Crippen LogP contribution < -0.4 is 0 Å². The van der Waals surface area contributed by atoms with Crippen LogP contribution in [0.4, 0.5) is 0 Å². The van der Waals surface area contributed by atoms with Crippen LogP contribution in [0.1, 0.15) is 25.8 Å². The molecule has 0 aliphatic heterocycles. The van der Waals surface area contributed by atoms with Gasteiger partial charge in [0, 0.05) is 4.91 Å². The summed E-state index contributed by atoms with van der Waals surface area (Å²) in [4.78, 5) is 2.88. The molecule has 0 saturated carbocycles. The Morgan fingerprint density at radius 2 is 2.00 bits per heavy atom. The minimum atomic E-state index is -0.407. The second kappa shape index (κ2) is 3.97. The van der Waals surface area contributed by atoms with E-state index in [0.29, 0.717) is 0 Å². The van der Waals surface area contributed by atoms with E-state index in [1.807, 2.05) is 44.2 Å². The van der Waals surface area contributed by atoms with Crippen molar-refractivity contribution >= 4 is 0 Å². The highest BCUT2D eigenvalue weighted by Crippen LogP contribution is 2.28. The molecule has 0 saturated heterocycles. The lowest BCUT2D eigenvalue weighted by Gasteiger charge is -2.22. The Labute approximate surface area is 78.0 Å². The minimum absolute atomic E-state index is 0.407. The Bertz CT molecular complexity index is 314. The predicted octanol–water partition coefficient (Wildman–Crippen LogP) is 3.62. The molecule has 0 unspecified atom stereocenters. The molecule has 0 aromatic heterocycles. The van der Waals surface area contributed by atoms with Crippen molar-refractivity contribution in [2.45, 2.75) is 25.8 Å². The Morgan fingerprint density at radius 3 is 2.46 bits per heavy atom. The van der Waals surface area contributed by atoms with Crippen LogP contribution in [0.25, 0.3) is 10.4 Å². The van der Waals surface area contributed by atoms with Crippen LogP contribution in [0.2, 0.25) is 0 Å². The van der Waals surface area contributed by atoms with Crippen molar-refractivity contribution in [1.82, 2.24) is 0 Å². The summed E-state index contributed by atoms with van der Waals surface area (Å²) in [6.07, 6.45) is 0.807. The summed E-state index contributed by atoms with van der Waals surface area (Å²) in [7, 11) is 0. The highest BCUT2D eigenvalue weighted by atomic mass is 15.2. The second-order valence-electron chi connectivity index (χ2n) is 3.18. The van der Waals surface area contributed by atoms with Gasteiger partial charge in [-0.2, -0.15) is 0 Å². The summed E-state index contributed by atoms with van der Waals surface area (Å²) in [5, 5.41) is 3.83. The van der Waals surface area contributed by atoms with Gasteiger partial charge in [0.1, 0.15) is 0 Å². The molecule has 0 bridgehead atoms. The Morgan fingerprint density at radius 1 is 1.38 bits per heavy atom. The van der Waals surface area contributed by atoms with Gasteiger partial charge in [0.15, 0.2) is 0 Å². The zero-order chi connectivity index (χ0) is 9.73. The molecule has 0 N–H and O–H groups in total. The molecule has 0 fully saturated rings. The SMILES string of the molecule is CC[C@@](C)(N=[N+]=[N-])c1ccccc1. The number of rotatable bonds is 3. The highest BCUT2D eigenvalue weighted by molar-refractivity contribution is 5.23. The maximum atomic E-state index is 8.45. The summed E-state index contributed by atoms with van der Waals surface area (Å²) in [6, 6.07) is 9.83. The molecule has 0 amide bonds. The lowest BCUT2D eigenvalue weighted by atomic mass is 9.91. The van der Waals surface area contributed by atoms with Gasteiger partial charge >= 0.3 is 0 Å². The van der Waals surface area contributed by atoms with Crippen molar-refractivity contribution in [1.29, 1.82) is 0 Å². The third kappa shape index (κ3) is 2.01. The van der Waals surface area contributed by atoms with Gasteiger partial charge in [-0.3, -0.25) is 0 Å². The molecule has 1 aromatic carbocycles. The summed E-state index contributed by atoms with van der Waals surface area (Å²) in [6.45, 7) is 3.96. The van der Waals surface area contributed by atoms with Gasteiger partial charge < -0.3 is 0 Å². The van der Waals surface area contributed by atoms with Crippen molar-refractivity contribution in [2.75, 3.05) is 0 Å². The van der Waals surface area contributed by atoms with Gasteiger partial charge in [0.2, 0.25) is 0 Å². The first-order valence-electron chi connectivity index (χ1n) is 4.34. The quantitative estimate of drug-likeness (QED) is 0.382. The molecule has 1 aromatic rings. The van der Waals surface area contributed by atoms with E-state index in [2.05, 4.69) is 10.0 Å².